The van der Waals surface area contributed by atoms with Crippen molar-refractivity contribution in [3.63, 3.8) is 0 Å². The Morgan fingerprint density at radius 3 is 2.33 bits per heavy atom. The fourth-order valence-corrected chi connectivity index (χ4v) is 0.134. The Morgan fingerprint density at radius 2 is 2.33 bits per heavy atom. The highest BCUT2D eigenvalue weighted by atomic mass is 35.5. The van der Waals surface area contributed by atoms with Crippen molar-refractivity contribution in [3.8, 4) is 0 Å². The van der Waals surface area contributed by atoms with Crippen LogP contribution in [0, 0.1) is 0 Å². The second-order valence-electron chi connectivity index (χ2n) is 0.924. The molecule has 0 spiro atoms. The normalized spacial score (nSPS) is 11.5. The maximum atomic E-state index is 5.17. The fourth-order valence-electron chi connectivity index (χ4n) is 0.0445. The Labute approximate surface area is 42.6 Å². The smallest absolute Gasteiger partial charge is 0.104 e. The predicted octanol–water partition coefficient (Wildman–Crippen LogP) is 1.73. The van der Waals surface area contributed by atoms with Crippen molar-refractivity contribution in [2.45, 2.75) is 6.92 Å². The molecule has 1 nitrogen and oxygen atoms in total. The first-order chi connectivity index (χ1) is 2.81. The summed E-state index contributed by atoms with van der Waals surface area (Å²) < 4.78 is 4.63. The van der Waals surface area contributed by atoms with Gasteiger partial charge < -0.3 is 4.74 Å². The van der Waals surface area contributed by atoms with E-state index in [1.54, 1.807) is 14.0 Å². The van der Waals surface area contributed by atoms with Crippen molar-refractivity contribution in [2.24, 2.45) is 0 Å². The third kappa shape index (κ3) is 2.09. The Hall–Kier alpha value is -0.170. The van der Waals surface area contributed by atoms with Gasteiger partial charge in [-0.3, -0.25) is 0 Å². The first-order valence-electron chi connectivity index (χ1n) is 1.62. The molecule has 0 aromatic rings. The lowest BCUT2D eigenvalue weighted by Gasteiger charge is -1.90. The van der Waals surface area contributed by atoms with Gasteiger partial charge in [-0.25, -0.2) is 0 Å². The molecule has 0 aliphatic rings. The minimum Gasteiger partial charge on any atom is -0.500 e. The van der Waals surface area contributed by atoms with Gasteiger partial charge in [0.05, 0.1) is 7.11 Å². The molecule has 0 saturated heterocycles. The summed E-state index contributed by atoms with van der Waals surface area (Å²) in [6.07, 6.45) is 0. The summed E-state index contributed by atoms with van der Waals surface area (Å²) in [4.78, 5) is 0. The van der Waals surface area contributed by atoms with E-state index in [0.717, 1.165) is 5.76 Å². The molecule has 0 saturated carbocycles. The van der Waals surface area contributed by atoms with Gasteiger partial charge in [0, 0.05) is 5.54 Å². The molecular weight excluding hydrogens is 99.5 g/mol. The van der Waals surface area contributed by atoms with Crippen LogP contribution in [0.25, 0.3) is 0 Å². The summed E-state index contributed by atoms with van der Waals surface area (Å²) >= 11 is 5.17. The minimum atomic E-state index is 0.733. The molecule has 0 aromatic heterocycles. The number of methoxy groups -OCH3 is 1. The highest BCUT2D eigenvalue weighted by molar-refractivity contribution is 6.25. The zero-order valence-corrected chi connectivity index (χ0v) is 4.62. The number of hydrogen-bond donors (Lipinski definition) is 0. The molecule has 36 valence electrons. The fraction of sp³-hybridized carbons (Fsp3) is 0.500. The molecule has 0 amide bonds. The molecule has 0 aromatic carbocycles. The second-order valence-corrected chi connectivity index (χ2v) is 1.14. The lowest BCUT2D eigenvalue weighted by Crippen LogP contribution is -1.72. The van der Waals surface area contributed by atoms with E-state index in [4.69, 9.17) is 11.6 Å². The molecule has 0 bridgehead atoms. The van der Waals surface area contributed by atoms with E-state index in [9.17, 15) is 0 Å². The third-order valence-electron chi connectivity index (χ3n) is 0.476. The predicted molar refractivity (Wildman–Crippen MR) is 26.6 cm³/mol. The van der Waals surface area contributed by atoms with E-state index in [2.05, 4.69) is 4.74 Å². The largest absolute Gasteiger partial charge is 0.500 e. The molecule has 0 aliphatic heterocycles. The van der Waals surface area contributed by atoms with Crippen LogP contribution in [0.4, 0.5) is 0 Å². The third-order valence-corrected chi connectivity index (χ3v) is 0.783. The zero-order chi connectivity index (χ0) is 4.99. The maximum absolute atomic E-state index is 5.17. The molecule has 0 N–H and O–H groups in total. The summed E-state index contributed by atoms with van der Waals surface area (Å²) in [7, 11) is 1.58. The SMILES string of the molecule is CO/C(C)=C/Cl. The Bertz CT molecular complexity index is 58.6. The number of rotatable bonds is 1. The summed E-state index contributed by atoms with van der Waals surface area (Å²) in [5, 5.41) is 0. The van der Waals surface area contributed by atoms with Crippen LogP contribution in [0.15, 0.2) is 11.3 Å². The maximum Gasteiger partial charge on any atom is 0.104 e. The highest BCUT2D eigenvalue weighted by Crippen LogP contribution is 1.92. The molecule has 0 atom stereocenters. The second kappa shape index (κ2) is 3.04. The van der Waals surface area contributed by atoms with Gasteiger partial charge in [-0.2, -0.15) is 0 Å². The van der Waals surface area contributed by atoms with Gasteiger partial charge in [0.25, 0.3) is 0 Å². The summed E-state index contributed by atoms with van der Waals surface area (Å²) in [5.41, 5.74) is 1.39. The quantitative estimate of drug-likeness (QED) is 0.463. The molecule has 0 rings (SSSR count). The van der Waals surface area contributed by atoms with Gasteiger partial charge in [0.2, 0.25) is 0 Å². The highest BCUT2D eigenvalue weighted by Gasteiger charge is 1.73. The van der Waals surface area contributed by atoms with Crippen LogP contribution >= 0.6 is 11.6 Å². The van der Waals surface area contributed by atoms with Crippen molar-refractivity contribution >= 4 is 11.6 Å². The Balaban J connectivity index is 3.22. The van der Waals surface area contributed by atoms with Gasteiger partial charge in [0.15, 0.2) is 0 Å². The van der Waals surface area contributed by atoms with E-state index < -0.39 is 0 Å². The van der Waals surface area contributed by atoms with Gasteiger partial charge in [0.1, 0.15) is 5.76 Å². The number of ether oxygens (including phenoxy) is 1. The molecular formula is C4H7ClO. The lowest BCUT2D eigenvalue weighted by molar-refractivity contribution is 0.294. The van der Waals surface area contributed by atoms with Crippen molar-refractivity contribution in [1.29, 1.82) is 0 Å². The average Bonchev–Trinajstić information content (AvgIpc) is 1.65. The van der Waals surface area contributed by atoms with Crippen LogP contribution in [-0.4, -0.2) is 7.11 Å². The first-order valence-corrected chi connectivity index (χ1v) is 2.06. The molecule has 0 aliphatic carbocycles. The molecule has 0 radical (unpaired) electrons. The van der Waals surface area contributed by atoms with Crippen LogP contribution in [0.5, 0.6) is 0 Å². The van der Waals surface area contributed by atoms with Crippen LogP contribution in [0.3, 0.4) is 0 Å². The summed E-state index contributed by atoms with van der Waals surface area (Å²) in [5.74, 6) is 0.733. The molecule has 0 heterocycles. The van der Waals surface area contributed by atoms with E-state index in [-0.39, 0.29) is 0 Å². The number of hydrogen-bond acceptors (Lipinski definition) is 1. The van der Waals surface area contributed by atoms with E-state index >= 15 is 0 Å². The zero-order valence-electron chi connectivity index (χ0n) is 3.86. The van der Waals surface area contributed by atoms with Crippen LogP contribution in [0.1, 0.15) is 6.92 Å². The van der Waals surface area contributed by atoms with Gasteiger partial charge in [-0.05, 0) is 6.92 Å². The van der Waals surface area contributed by atoms with E-state index in [0.29, 0.717) is 0 Å². The van der Waals surface area contributed by atoms with Gasteiger partial charge in [-0.15, -0.1) is 0 Å². The standard InChI is InChI=1S/C4H7ClO/c1-4(3-5)6-2/h3H,1-2H3/b4-3+. The molecule has 0 unspecified atom stereocenters. The van der Waals surface area contributed by atoms with Crippen molar-refractivity contribution in [1.82, 2.24) is 0 Å². The van der Waals surface area contributed by atoms with Crippen molar-refractivity contribution in [3.05, 3.63) is 11.3 Å². The summed E-state index contributed by atoms with van der Waals surface area (Å²) in [6, 6.07) is 0. The molecule has 0 fully saturated rings. The topological polar surface area (TPSA) is 9.23 Å². The Kier molecular flexibility index (Phi) is 2.95. The van der Waals surface area contributed by atoms with Crippen molar-refractivity contribution < 1.29 is 4.74 Å². The van der Waals surface area contributed by atoms with Crippen molar-refractivity contribution in [2.75, 3.05) is 7.11 Å². The minimum absolute atomic E-state index is 0.733. The lowest BCUT2D eigenvalue weighted by atomic mass is 10.7. The Morgan fingerprint density at radius 1 is 1.83 bits per heavy atom. The molecule has 2 heteroatoms. The van der Waals surface area contributed by atoms with Crippen LogP contribution < -0.4 is 0 Å². The van der Waals surface area contributed by atoms with Crippen LogP contribution in [0.2, 0.25) is 0 Å². The average molecular weight is 107 g/mol. The summed E-state index contributed by atoms with van der Waals surface area (Å²) in [6.45, 7) is 1.78. The van der Waals surface area contributed by atoms with Crippen LogP contribution in [-0.2, 0) is 4.74 Å². The monoisotopic (exact) mass is 106 g/mol. The van der Waals surface area contributed by atoms with Gasteiger partial charge >= 0.3 is 0 Å². The molecule has 6 heavy (non-hydrogen) atoms. The first kappa shape index (κ1) is 5.83. The number of allylic oxidation sites excluding steroid dienone is 1. The van der Waals surface area contributed by atoms with Gasteiger partial charge in [-0.1, -0.05) is 11.6 Å². The van der Waals surface area contributed by atoms with E-state index in [1.165, 1.54) is 5.54 Å². The van der Waals surface area contributed by atoms with E-state index in [1.807, 2.05) is 0 Å². The number of halogens is 1.